The lowest BCUT2D eigenvalue weighted by molar-refractivity contribution is 0.120. The lowest BCUT2D eigenvalue weighted by Crippen LogP contribution is -1.99. The summed E-state index contributed by atoms with van der Waals surface area (Å²) in [6.45, 7) is 1.21. The molecule has 0 aliphatic carbocycles. The molecule has 1 aromatic carbocycles. The monoisotopic (exact) mass is 254 g/mol. The maximum Gasteiger partial charge on any atom is 0.197 e. The highest BCUT2D eigenvalue weighted by molar-refractivity contribution is 5.70. The van der Waals surface area contributed by atoms with Gasteiger partial charge >= 0.3 is 0 Å². The summed E-state index contributed by atoms with van der Waals surface area (Å²) in [7, 11) is 0. The number of hydrogen-bond acceptors (Lipinski definition) is 4. The largest absolute Gasteiger partial charge is 0.440 e. The van der Waals surface area contributed by atoms with Gasteiger partial charge in [-0.25, -0.2) is 4.98 Å². The molecule has 0 saturated carbocycles. The van der Waals surface area contributed by atoms with Crippen LogP contribution in [0.15, 0.2) is 53.2 Å². The van der Waals surface area contributed by atoms with Gasteiger partial charge in [-0.1, -0.05) is 30.3 Å². The highest BCUT2D eigenvalue weighted by atomic mass is 16.5. The second kappa shape index (κ2) is 5.63. The molecule has 4 nitrogen and oxygen atoms in total. The van der Waals surface area contributed by atoms with Crippen LogP contribution in [-0.2, 0) is 17.8 Å². The van der Waals surface area contributed by atoms with Crippen LogP contribution in [-0.4, -0.2) is 16.6 Å². The topological polar surface area (TPSA) is 48.2 Å². The molecule has 0 amide bonds. The van der Waals surface area contributed by atoms with E-state index in [0.717, 1.165) is 11.1 Å². The number of fused-ring (bicyclic) bond motifs is 1. The van der Waals surface area contributed by atoms with E-state index >= 15 is 0 Å². The molecule has 3 rings (SSSR count). The van der Waals surface area contributed by atoms with Crippen molar-refractivity contribution in [2.45, 2.75) is 13.0 Å². The number of nitrogens with zero attached hydrogens (tertiary/aromatic N) is 2. The normalized spacial score (nSPS) is 10.9. The van der Waals surface area contributed by atoms with E-state index < -0.39 is 0 Å². The molecule has 0 fully saturated rings. The van der Waals surface area contributed by atoms with Crippen LogP contribution >= 0.6 is 0 Å². The first kappa shape index (κ1) is 11.9. The van der Waals surface area contributed by atoms with Crippen molar-refractivity contribution < 1.29 is 9.15 Å². The van der Waals surface area contributed by atoms with Crippen LogP contribution in [0.4, 0.5) is 0 Å². The Hall–Kier alpha value is -2.20. The van der Waals surface area contributed by atoms with Gasteiger partial charge in [0.2, 0.25) is 0 Å². The summed E-state index contributed by atoms with van der Waals surface area (Å²) in [5.41, 5.74) is 2.73. The van der Waals surface area contributed by atoms with Crippen molar-refractivity contribution >= 4 is 11.1 Å². The van der Waals surface area contributed by atoms with E-state index in [2.05, 4.69) is 9.97 Å². The Morgan fingerprint density at radius 2 is 2.00 bits per heavy atom. The second-order valence-corrected chi connectivity index (χ2v) is 4.24. The van der Waals surface area contributed by atoms with Gasteiger partial charge in [0, 0.05) is 18.7 Å². The van der Waals surface area contributed by atoms with Crippen molar-refractivity contribution in [3.63, 3.8) is 0 Å². The van der Waals surface area contributed by atoms with Crippen LogP contribution in [0.5, 0.6) is 0 Å². The zero-order chi connectivity index (χ0) is 12.9. The highest BCUT2D eigenvalue weighted by Gasteiger charge is 2.04. The summed E-state index contributed by atoms with van der Waals surface area (Å²) in [4.78, 5) is 8.36. The number of ether oxygens (including phenoxy) is 1. The summed E-state index contributed by atoms with van der Waals surface area (Å²) < 4.78 is 11.2. The minimum Gasteiger partial charge on any atom is -0.440 e. The van der Waals surface area contributed by atoms with Crippen LogP contribution in [0.25, 0.3) is 11.1 Å². The molecule has 0 radical (unpaired) electrons. The molecule has 0 aliphatic heterocycles. The molecule has 4 heteroatoms. The fourth-order valence-corrected chi connectivity index (χ4v) is 1.86. The molecule has 0 aliphatic rings. The quantitative estimate of drug-likeness (QED) is 0.657. The number of aromatic nitrogens is 2. The molecule has 0 unspecified atom stereocenters. The third-order valence-corrected chi connectivity index (χ3v) is 2.81. The summed E-state index contributed by atoms with van der Waals surface area (Å²) in [6, 6.07) is 11.9. The number of pyridine rings is 1. The van der Waals surface area contributed by atoms with Gasteiger partial charge in [0.1, 0.15) is 5.52 Å². The van der Waals surface area contributed by atoms with Gasteiger partial charge < -0.3 is 9.15 Å². The van der Waals surface area contributed by atoms with Crippen LogP contribution in [0.2, 0.25) is 0 Å². The van der Waals surface area contributed by atoms with Gasteiger partial charge in [0.25, 0.3) is 0 Å². The predicted octanol–water partition coefficient (Wildman–Crippen LogP) is 2.98. The second-order valence-electron chi connectivity index (χ2n) is 4.24. The minimum atomic E-state index is 0.592. The van der Waals surface area contributed by atoms with E-state index in [1.165, 1.54) is 5.56 Å². The Bertz CT molecular complexity index is 616. The van der Waals surface area contributed by atoms with E-state index in [4.69, 9.17) is 9.15 Å². The van der Waals surface area contributed by atoms with Gasteiger partial charge in [-0.15, -0.1) is 0 Å². The smallest absolute Gasteiger partial charge is 0.197 e. The fourth-order valence-electron chi connectivity index (χ4n) is 1.86. The van der Waals surface area contributed by atoms with Crippen LogP contribution in [0, 0.1) is 0 Å². The maximum absolute atomic E-state index is 5.60. The average molecular weight is 254 g/mol. The standard InChI is InChI=1S/C15H14N2O2/c1-2-4-12(5-3-1)11-18-9-7-15-17-13-10-16-8-6-14(13)19-15/h1-6,8,10H,7,9,11H2. The Morgan fingerprint density at radius 1 is 1.11 bits per heavy atom. The molecule has 19 heavy (non-hydrogen) atoms. The molecule has 0 N–H and O–H groups in total. The van der Waals surface area contributed by atoms with E-state index in [9.17, 15) is 0 Å². The zero-order valence-electron chi connectivity index (χ0n) is 10.5. The summed E-state index contributed by atoms with van der Waals surface area (Å²) >= 11 is 0. The van der Waals surface area contributed by atoms with Crippen molar-refractivity contribution in [3.8, 4) is 0 Å². The van der Waals surface area contributed by atoms with Gasteiger partial charge in [0.05, 0.1) is 19.4 Å². The molecule has 2 aromatic heterocycles. The molecular weight excluding hydrogens is 240 g/mol. The summed E-state index contributed by atoms with van der Waals surface area (Å²) in [5.74, 6) is 0.691. The Kier molecular flexibility index (Phi) is 3.51. The van der Waals surface area contributed by atoms with E-state index in [0.29, 0.717) is 25.5 Å². The number of hydrogen-bond donors (Lipinski definition) is 0. The number of rotatable bonds is 5. The first-order valence-electron chi connectivity index (χ1n) is 6.23. The first-order valence-corrected chi connectivity index (χ1v) is 6.23. The lowest BCUT2D eigenvalue weighted by atomic mass is 10.2. The molecule has 0 bridgehead atoms. The Labute approximate surface area is 111 Å². The van der Waals surface area contributed by atoms with E-state index in [1.807, 2.05) is 36.4 Å². The fraction of sp³-hybridized carbons (Fsp3) is 0.200. The molecular formula is C15H14N2O2. The molecule has 0 spiro atoms. The van der Waals surface area contributed by atoms with Crippen LogP contribution < -0.4 is 0 Å². The van der Waals surface area contributed by atoms with Gasteiger partial charge in [0.15, 0.2) is 11.5 Å². The van der Waals surface area contributed by atoms with E-state index in [1.54, 1.807) is 12.4 Å². The third kappa shape index (κ3) is 2.98. The van der Waals surface area contributed by atoms with Gasteiger partial charge in [-0.05, 0) is 5.56 Å². The molecule has 3 aromatic rings. The SMILES string of the molecule is c1ccc(COCCc2nc3cnccc3o2)cc1. The van der Waals surface area contributed by atoms with Crippen molar-refractivity contribution in [1.29, 1.82) is 0 Å². The third-order valence-electron chi connectivity index (χ3n) is 2.81. The van der Waals surface area contributed by atoms with Crippen LogP contribution in [0.3, 0.4) is 0 Å². The van der Waals surface area contributed by atoms with Crippen molar-refractivity contribution in [1.82, 2.24) is 9.97 Å². The molecule has 0 saturated heterocycles. The molecule has 0 atom stereocenters. The van der Waals surface area contributed by atoms with Gasteiger partial charge in [-0.2, -0.15) is 0 Å². The van der Waals surface area contributed by atoms with Crippen molar-refractivity contribution in [3.05, 3.63) is 60.2 Å². The highest BCUT2D eigenvalue weighted by Crippen LogP contribution is 2.13. The van der Waals surface area contributed by atoms with Gasteiger partial charge in [-0.3, -0.25) is 4.98 Å². The lowest BCUT2D eigenvalue weighted by Gasteiger charge is -2.02. The molecule has 96 valence electrons. The van der Waals surface area contributed by atoms with Crippen molar-refractivity contribution in [2.24, 2.45) is 0 Å². The van der Waals surface area contributed by atoms with Crippen LogP contribution in [0.1, 0.15) is 11.5 Å². The predicted molar refractivity (Wildman–Crippen MR) is 71.6 cm³/mol. The first-order chi connectivity index (χ1) is 9.42. The van der Waals surface area contributed by atoms with Crippen molar-refractivity contribution in [2.75, 3.05) is 6.61 Å². The zero-order valence-corrected chi connectivity index (χ0v) is 10.5. The number of benzene rings is 1. The minimum absolute atomic E-state index is 0.592. The summed E-state index contributed by atoms with van der Waals surface area (Å²) in [6.07, 6.45) is 4.07. The Morgan fingerprint density at radius 3 is 2.84 bits per heavy atom. The number of oxazole rings is 1. The maximum atomic E-state index is 5.60. The molecule has 2 heterocycles. The van der Waals surface area contributed by atoms with E-state index in [-0.39, 0.29) is 0 Å². The summed E-state index contributed by atoms with van der Waals surface area (Å²) in [5, 5.41) is 0. The Balaban J connectivity index is 1.52. The average Bonchev–Trinajstić information content (AvgIpc) is 2.87.